The van der Waals surface area contributed by atoms with Crippen LogP contribution in [0.5, 0.6) is 11.5 Å². The SMILES string of the molecule is CCC(=O)Oc1ccc2nc(-c3cc(Br)ccc3OC)oc(=O)c2c1. The van der Waals surface area contributed by atoms with Crippen molar-refractivity contribution in [1.29, 1.82) is 0 Å². The average molecular weight is 404 g/mol. The number of esters is 1. The van der Waals surface area contributed by atoms with Crippen LogP contribution in [0, 0.1) is 0 Å². The van der Waals surface area contributed by atoms with Crippen molar-refractivity contribution in [3.63, 3.8) is 0 Å². The molecule has 0 spiro atoms. The Kier molecular flexibility index (Phi) is 4.85. The predicted molar refractivity (Wildman–Crippen MR) is 95.9 cm³/mol. The highest BCUT2D eigenvalue weighted by Gasteiger charge is 2.14. The summed E-state index contributed by atoms with van der Waals surface area (Å²) in [6.07, 6.45) is 0.243. The molecule has 0 saturated heterocycles. The van der Waals surface area contributed by atoms with E-state index in [-0.39, 0.29) is 29.4 Å². The zero-order valence-electron chi connectivity index (χ0n) is 13.5. The van der Waals surface area contributed by atoms with E-state index >= 15 is 0 Å². The number of nitrogens with zero attached hydrogens (tertiary/aromatic N) is 1. The highest BCUT2D eigenvalue weighted by molar-refractivity contribution is 9.10. The molecule has 0 N–H and O–H groups in total. The number of fused-ring (bicyclic) bond motifs is 1. The minimum atomic E-state index is -0.573. The number of aromatic nitrogens is 1. The lowest BCUT2D eigenvalue weighted by atomic mass is 10.2. The van der Waals surface area contributed by atoms with Gasteiger partial charge in [0.25, 0.3) is 0 Å². The van der Waals surface area contributed by atoms with Gasteiger partial charge in [0.05, 0.1) is 23.6 Å². The molecule has 7 heteroatoms. The Morgan fingerprint density at radius 2 is 2.04 bits per heavy atom. The van der Waals surface area contributed by atoms with Crippen molar-refractivity contribution < 1.29 is 18.7 Å². The Morgan fingerprint density at radius 3 is 2.76 bits per heavy atom. The van der Waals surface area contributed by atoms with E-state index in [2.05, 4.69) is 20.9 Å². The van der Waals surface area contributed by atoms with Crippen LogP contribution in [-0.4, -0.2) is 18.1 Å². The van der Waals surface area contributed by atoms with Crippen molar-refractivity contribution in [3.8, 4) is 23.0 Å². The Bertz CT molecular complexity index is 1010. The molecule has 128 valence electrons. The smallest absolute Gasteiger partial charge is 0.347 e. The van der Waals surface area contributed by atoms with Gasteiger partial charge >= 0.3 is 11.6 Å². The molecule has 3 rings (SSSR count). The molecule has 0 unspecified atom stereocenters. The first-order valence-electron chi connectivity index (χ1n) is 7.51. The predicted octanol–water partition coefficient (Wildman–Crippen LogP) is 3.94. The summed E-state index contributed by atoms with van der Waals surface area (Å²) in [6.45, 7) is 1.69. The molecule has 1 heterocycles. The molecule has 0 radical (unpaired) electrons. The van der Waals surface area contributed by atoms with Crippen LogP contribution >= 0.6 is 15.9 Å². The second-order valence-corrected chi connectivity index (χ2v) is 6.07. The average Bonchev–Trinajstić information content (AvgIpc) is 2.61. The molecule has 0 bridgehead atoms. The fourth-order valence-corrected chi connectivity index (χ4v) is 2.64. The Morgan fingerprint density at radius 1 is 1.24 bits per heavy atom. The zero-order valence-corrected chi connectivity index (χ0v) is 15.1. The van der Waals surface area contributed by atoms with Gasteiger partial charge in [0.15, 0.2) is 0 Å². The van der Waals surface area contributed by atoms with Crippen molar-refractivity contribution >= 4 is 32.8 Å². The molecular formula is C18H14BrNO5. The van der Waals surface area contributed by atoms with Gasteiger partial charge in [-0.05, 0) is 36.4 Å². The third kappa shape index (κ3) is 3.56. The zero-order chi connectivity index (χ0) is 18.0. The summed E-state index contributed by atoms with van der Waals surface area (Å²) >= 11 is 3.38. The molecular weight excluding hydrogens is 390 g/mol. The number of methoxy groups -OCH3 is 1. The molecule has 0 aliphatic carbocycles. The standard InChI is InChI=1S/C18H14BrNO5/c1-3-16(21)24-11-5-6-14-12(9-11)18(22)25-17(20-14)13-8-10(19)4-7-15(13)23-2/h4-9H,3H2,1-2H3. The van der Waals surface area contributed by atoms with Gasteiger partial charge in [-0.3, -0.25) is 4.79 Å². The lowest BCUT2D eigenvalue weighted by molar-refractivity contribution is -0.134. The lowest BCUT2D eigenvalue weighted by Gasteiger charge is -2.08. The van der Waals surface area contributed by atoms with Crippen molar-refractivity contribution in [1.82, 2.24) is 4.98 Å². The van der Waals surface area contributed by atoms with Crippen molar-refractivity contribution in [2.75, 3.05) is 7.11 Å². The summed E-state index contributed by atoms with van der Waals surface area (Å²) in [5, 5.41) is 0.235. The third-order valence-electron chi connectivity index (χ3n) is 3.51. The second-order valence-electron chi connectivity index (χ2n) is 5.16. The van der Waals surface area contributed by atoms with E-state index < -0.39 is 5.63 Å². The van der Waals surface area contributed by atoms with Crippen LogP contribution in [-0.2, 0) is 4.79 Å². The third-order valence-corrected chi connectivity index (χ3v) is 4.00. The van der Waals surface area contributed by atoms with E-state index in [4.69, 9.17) is 13.9 Å². The van der Waals surface area contributed by atoms with E-state index in [0.717, 1.165) is 4.47 Å². The van der Waals surface area contributed by atoms with Gasteiger partial charge in [0.1, 0.15) is 11.5 Å². The minimum Gasteiger partial charge on any atom is -0.496 e. The van der Waals surface area contributed by atoms with E-state index in [1.165, 1.54) is 13.2 Å². The maximum atomic E-state index is 12.4. The largest absolute Gasteiger partial charge is 0.496 e. The summed E-state index contributed by atoms with van der Waals surface area (Å²) < 4.78 is 16.6. The van der Waals surface area contributed by atoms with Crippen molar-refractivity contribution in [2.45, 2.75) is 13.3 Å². The molecule has 0 aliphatic heterocycles. The van der Waals surface area contributed by atoms with Gasteiger partial charge in [-0.15, -0.1) is 0 Å². The highest BCUT2D eigenvalue weighted by atomic mass is 79.9. The molecule has 0 atom stereocenters. The summed E-state index contributed by atoms with van der Waals surface area (Å²) in [4.78, 5) is 28.1. The number of carbonyl (C=O) groups is 1. The van der Waals surface area contributed by atoms with E-state index in [9.17, 15) is 9.59 Å². The molecule has 0 fully saturated rings. The van der Waals surface area contributed by atoms with Gasteiger partial charge in [-0.2, -0.15) is 0 Å². The molecule has 2 aromatic carbocycles. The minimum absolute atomic E-state index is 0.147. The van der Waals surface area contributed by atoms with E-state index in [0.29, 0.717) is 16.8 Å². The molecule has 3 aromatic rings. The molecule has 0 saturated carbocycles. The quantitative estimate of drug-likeness (QED) is 0.484. The van der Waals surface area contributed by atoms with Crippen LogP contribution < -0.4 is 15.1 Å². The van der Waals surface area contributed by atoms with E-state index in [1.54, 1.807) is 31.2 Å². The van der Waals surface area contributed by atoms with Crippen LogP contribution in [0.3, 0.4) is 0 Å². The number of hydrogen-bond donors (Lipinski definition) is 0. The summed E-state index contributed by atoms with van der Waals surface area (Å²) in [5.74, 6) is 0.578. The number of carbonyl (C=O) groups excluding carboxylic acids is 1. The fourth-order valence-electron chi connectivity index (χ4n) is 2.28. The molecule has 0 aliphatic rings. The van der Waals surface area contributed by atoms with Gasteiger partial charge in [-0.1, -0.05) is 22.9 Å². The van der Waals surface area contributed by atoms with Gasteiger partial charge in [0, 0.05) is 10.9 Å². The Balaban J connectivity index is 2.12. The van der Waals surface area contributed by atoms with Crippen LogP contribution in [0.1, 0.15) is 13.3 Å². The number of rotatable bonds is 4. The van der Waals surface area contributed by atoms with Crippen LogP contribution in [0.4, 0.5) is 0 Å². The van der Waals surface area contributed by atoms with Crippen LogP contribution in [0.2, 0.25) is 0 Å². The molecule has 0 amide bonds. The topological polar surface area (TPSA) is 78.6 Å². The van der Waals surface area contributed by atoms with Gasteiger partial charge < -0.3 is 13.9 Å². The van der Waals surface area contributed by atoms with Crippen LogP contribution in [0.15, 0.2) is 50.1 Å². The molecule has 1 aromatic heterocycles. The lowest BCUT2D eigenvalue weighted by Crippen LogP contribution is -2.07. The number of hydrogen-bond acceptors (Lipinski definition) is 6. The highest BCUT2D eigenvalue weighted by Crippen LogP contribution is 2.32. The first-order chi connectivity index (χ1) is 12.0. The summed E-state index contributed by atoms with van der Waals surface area (Å²) in [7, 11) is 1.53. The van der Waals surface area contributed by atoms with Crippen molar-refractivity contribution in [3.05, 3.63) is 51.3 Å². The summed E-state index contributed by atoms with van der Waals surface area (Å²) in [6, 6.07) is 9.97. The molecule has 6 nitrogen and oxygen atoms in total. The first-order valence-corrected chi connectivity index (χ1v) is 8.30. The van der Waals surface area contributed by atoms with E-state index in [1.807, 2.05) is 6.07 Å². The molecule has 25 heavy (non-hydrogen) atoms. The van der Waals surface area contributed by atoms with Gasteiger partial charge in [0.2, 0.25) is 5.89 Å². The Hall–Kier alpha value is -2.67. The number of benzene rings is 2. The first kappa shape index (κ1) is 17.2. The number of ether oxygens (including phenoxy) is 2. The van der Waals surface area contributed by atoms with Gasteiger partial charge in [-0.25, -0.2) is 9.78 Å². The maximum absolute atomic E-state index is 12.4. The Labute approximate surface area is 151 Å². The second kappa shape index (κ2) is 7.06. The monoisotopic (exact) mass is 403 g/mol. The normalized spacial score (nSPS) is 10.7. The summed E-state index contributed by atoms with van der Waals surface area (Å²) in [5.41, 5.74) is 0.415. The van der Waals surface area contributed by atoms with Crippen molar-refractivity contribution in [2.24, 2.45) is 0 Å². The van der Waals surface area contributed by atoms with Crippen LogP contribution in [0.25, 0.3) is 22.4 Å². The number of halogens is 1. The maximum Gasteiger partial charge on any atom is 0.347 e. The fraction of sp³-hybridized carbons (Fsp3) is 0.167.